The van der Waals surface area contributed by atoms with Gasteiger partial charge in [-0.3, -0.25) is 14.4 Å². The van der Waals surface area contributed by atoms with Gasteiger partial charge in [0.2, 0.25) is 5.91 Å². The topological polar surface area (TPSA) is 86.4 Å². The Kier molecular flexibility index (Phi) is 4.75. The van der Waals surface area contributed by atoms with Crippen LogP contribution >= 0.6 is 0 Å². The second-order valence-electron chi connectivity index (χ2n) is 7.95. The summed E-state index contributed by atoms with van der Waals surface area (Å²) in [6.45, 7) is 1.87. The van der Waals surface area contributed by atoms with Crippen LogP contribution in [0, 0.1) is 5.41 Å². The van der Waals surface area contributed by atoms with Crippen molar-refractivity contribution in [1.29, 1.82) is 0 Å². The van der Waals surface area contributed by atoms with E-state index >= 15 is 0 Å². The Morgan fingerprint density at radius 2 is 1.89 bits per heavy atom. The molecule has 7 heteroatoms. The van der Waals surface area contributed by atoms with Crippen molar-refractivity contribution >= 4 is 11.8 Å². The molecule has 7 nitrogen and oxygen atoms in total. The third-order valence-electron chi connectivity index (χ3n) is 6.15. The molecule has 1 aromatic carbocycles. The van der Waals surface area contributed by atoms with Gasteiger partial charge in [-0.1, -0.05) is 30.3 Å². The number of piperidine rings is 2. The number of aromatic nitrogens is 2. The minimum absolute atomic E-state index is 0.00130. The maximum absolute atomic E-state index is 12.8. The van der Waals surface area contributed by atoms with E-state index < -0.39 is 5.56 Å². The summed E-state index contributed by atoms with van der Waals surface area (Å²) in [4.78, 5) is 47.2. The maximum atomic E-state index is 12.8. The monoisotopic (exact) mass is 380 g/mol. The summed E-state index contributed by atoms with van der Waals surface area (Å²) < 4.78 is 0. The standard InChI is InChI=1S/C21H24N4O3/c1-24-13-21(11-16(19(24)27)15-5-3-2-4-6-15)7-9-25(10-8-21)20(28)17-12-22-14-23-18(17)26/h2-6,12,14,16H,7-11,13H2,1H3,(H,22,23,26). The molecule has 0 bridgehead atoms. The van der Waals surface area contributed by atoms with Gasteiger partial charge >= 0.3 is 0 Å². The Bertz CT molecular complexity index is 932. The Balaban J connectivity index is 1.50. The molecule has 3 heterocycles. The minimum Gasteiger partial charge on any atom is -0.345 e. The van der Waals surface area contributed by atoms with Crippen molar-refractivity contribution in [2.75, 3.05) is 26.7 Å². The van der Waals surface area contributed by atoms with Gasteiger partial charge in [-0.25, -0.2) is 4.98 Å². The smallest absolute Gasteiger partial charge is 0.263 e. The molecule has 28 heavy (non-hydrogen) atoms. The number of rotatable bonds is 2. The van der Waals surface area contributed by atoms with Crippen LogP contribution in [0.1, 0.15) is 41.1 Å². The number of benzene rings is 1. The molecular weight excluding hydrogens is 356 g/mol. The number of nitrogens with zero attached hydrogens (tertiary/aromatic N) is 3. The first-order valence-corrected chi connectivity index (χ1v) is 9.61. The van der Waals surface area contributed by atoms with Crippen LogP contribution in [0.15, 0.2) is 47.7 Å². The van der Waals surface area contributed by atoms with E-state index in [1.807, 2.05) is 42.3 Å². The average Bonchev–Trinajstić information content (AvgIpc) is 2.72. The van der Waals surface area contributed by atoms with Gasteiger partial charge in [0.25, 0.3) is 11.5 Å². The lowest BCUT2D eigenvalue weighted by Gasteiger charge is -2.49. The van der Waals surface area contributed by atoms with Gasteiger partial charge in [0.05, 0.1) is 12.2 Å². The van der Waals surface area contributed by atoms with Crippen molar-refractivity contribution in [3.63, 3.8) is 0 Å². The summed E-state index contributed by atoms with van der Waals surface area (Å²) in [5.74, 6) is -0.246. The number of aromatic amines is 1. The van der Waals surface area contributed by atoms with Gasteiger partial charge < -0.3 is 14.8 Å². The second kappa shape index (κ2) is 7.22. The van der Waals surface area contributed by atoms with Gasteiger partial charge in [-0.2, -0.15) is 0 Å². The highest BCUT2D eigenvalue weighted by atomic mass is 16.2. The predicted octanol–water partition coefficient (Wildman–Crippen LogP) is 1.64. The molecule has 2 saturated heterocycles. The second-order valence-corrected chi connectivity index (χ2v) is 7.95. The van der Waals surface area contributed by atoms with Crippen molar-refractivity contribution in [1.82, 2.24) is 19.8 Å². The third-order valence-corrected chi connectivity index (χ3v) is 6.15. The van der Waals surface area contributed by atoms with Crippen LogP contribution in [0.2, 0.25) is 0 Å². The van der Waals surface area contributed by atoms with E-state index in [1.54, 1.807) is 4.90 Å². The fourth-order valence-corrected chi connectivity index (χ4v) is 4.59. The van der Waals surface area contributed by atoms with Crippen LogP contribution in [-0.4, -0.2) is 58.3 Å². The summed E-state index contributed by atoms with van der Waals surface area (Å²) >= 11 is 0. The lowest BCUT2D eigenvalue weighted by molar-refractivity contribution is -0.139. The van der Waals surface area contributed by atoms with Gasteiger partial charge in [0.15, 0.2) is 0 Å². The van der Waals surface area contributed by atoms with E-state index in [2.05, 4.69) is 9.97 Å². The van der Waals surface area contributed by atoms with E-state index in [0.29, 0.717) is 19.6 Å². The number of carbonyl (C=O) groups is 2. The zero-order valence-corrected chi connectivity index (χ0v) is 15.9. The Hall–Kier alpha value is -2.96. The molecule has 2 aromatic rings. The van der Waals surface area contributed by atoms with Gasteiger partial charge in [-0.05, 0) is 30.2 Å². The van der Waals surface area contributed by atoms with Crippen LogP contribution in [0.5, 0.6) is 0 Å². The molecule has 1 spiro atoms. The largest absolute Gasteiger partial charge is 0.345 e. The summed E-state index contributed by atoms with van der Waals surface area (Å²) in [7, 11) is 1.87. The highest BCUT2D eigenvalue weighted by Crippen LogP contribution is 2.45. The van der Waals surface area contributed by atoms with E-state index in [-0.39, 0.29) is 28.7 Å². The van der Waals surface area contributed by atoms with Crippen molar-refractivity contribution in [3.8, 4) is 0 Å². The quantitative estimate of drug-likeness (QED) is 0.858. The number of H-pyrrole nitrogens is 1. The zero-order chi connectivity index (χ0) is 19.7. The Labute approximate surface area is 163 Å². The number of likely N-dealkylation sites (tertiary alicyclic amines) is 2. The molecule has 1 N–H and O–H groups in total. The molecular formula is C21H24N4O3. The third kappa shape index (κ3) is 3.32. The highest BCUT2D eigenvalue weighted by molar-refractivity contribution is 5.93. The molecule has 0 aliphatic carbocycles. The number of carbonyl (C=O) groups excluding carboxylic acids is 2. The molecule has 2 fully saturated rings. The number of likely N-dealkylation sites (N-methyl/N-ethyl adjacent to an activating group) is 1. The summed E-state index contributed by atoms with van der Waals surface area (Å²) in [5, 5.41) is 0. The van der Waals surface area contributed by atoms with E-state index in [1.165, 1.54) is 12.5 Å². The van der Waals surface area contributed by atoms with Crippen molar-refractivity contribution in [3.05, 3.63) is 64.3 Å². The summed E-state index contributed by atoms with van der Waals surface area (Å²) in [6, 6.07) is 9.93. The van der Waals surface area contributed by atoms with Gasteiger partial charge in [-0.15, -0.1) is 0 Å². The molecule has 4 rings (SSSR count). The molecule has 2 aliphatic rings. The molecule has 2 amide bonds. The van der Waals surface area contributed by atoms with Crippen LogP contribution in [0.3, 0.4) is 0 Å². The molecule has 1 atom stereocenters. The summed E-state index contributed by atoms with van der Waals surface area (Å²) in [5.41, 5.74) is 0.726. The van der Waals surface area contributed by atoms with E-state index in [9.17, 15) is 14.4 Å². The highest BCUT2D eigenvalue weighted by Gasteiger charge is 2.45. The Morgan fingerprint density at radius 1 is 1.18 bits per heavy atom. The molecule has 146 valence electrons. The molecule has 0 radical (unpaired) electrons. The normalized spacial score (nSPS) is 21.8. The SMILES string of the molecule is CN1CC2(CCN(C(=O)c3cnc[nH]c3=O)CC2)CC(c2ccccc2)C1=O. The number of amides is 2. The summed E-state index contributed by atoms with van der Waals surface area (Å²) in [6.07, 6.45) is 5.04. The van der Waals surface area contributed by atoms with E-state index in [4.69, 9.17) is 0 Å². The van der Waals surface area contributed by atoms with Gasteiger partial charge in [0, 0.05) is 32.9 Å². The lowest BCUT2D eigenvalue weighted by Crippen LogP contribution is -2.53. The minimum atomic E-state index is -0.410. The van der Waals surface area contributed by atoms with Crippen molar-refractivity contribution in [2.24, 2.45) is 5.41 Å². The fourth-order valence-electron chi connectivity index (χ4n) is 4.59. The first kappa shape index (κ1) is 18.4. The predicted molar refractivity (Wildman–Crippen MR) is 104 cm³/mol. The molecule has 0 saturated carbocycles. The van der Waals surface area contributed by atoms with Crippen LogP contribution in [0.25, 0.3) is 0 Å². The first-order chi connectivity index (χ1) is 13.5. The first-order valence-electron chi connectivity index (χ1n) is 9.61. The fraction of sp³-hybridized carbons (Fsp3) is 0.429. The molecule has 1 unspecified atom stereocenters. The zero-order valence-electron chi connectivity index (χ0n) is 15.9. The average molecular weight is 380 g/mol. The maximum Gasteiger partial charge on any atom is 0.263 e. The van der Waals surface area contributed by atoms with Crippen molar-refractivity contribution in [2.45, 2.75) is 25.2 Å². The lowest BCUT2D eigenvalue weighted by atomic mass is 9.67. The molecule has 1 aromatic heterocycles. The Morgan fingerprint density at radius 3 is 2.57 bits per heavy atom. The molecule has 2 aliphatic heterocycles. The number of hydrogen-bond acceptors (Lipinski definition) is 4. The van der Waals surface area contributed by atoms with Crippen LogP contribution < -0.4 is 5.56 Å². The van der Waals surface area contributed by atoms with Gasteiger partial charge in [0.1, 0.15) is 5.56 Å². The number of hydrogen-bond donors (Lipinski definition) is 1. The van der Waals surface area contributed by atoms with Crippen molar-refractivity contribution < 1.29 is 9.59 Å². The van der Waals surface area contributed by atoms with Crippen LogP contribution in [0.4, 0.5) is 0 Å². The van der Waals surface area contributed by atoms with Crippen LogP contribution in [-0.2, 0) is 4.79 Å². The van der Waals surface area contributed by atoms with E-state index in [0.717, 1.165) is 24.8 Å². The number of nitrogens with one attached hydrogen (secondary N) is 1.